The second-order valence-corrected chi connectivity index (χ2v) is 20.2. The van der Waals surface area contributed by atoms with Crippen molar-refractivity contribution in [1.82, 2.24) is 4.90 Å². The van der Waals surface area contributed by atoms with Gasteiger partial charge in [0.1, 0.15) is 0 Å². The molecule has 1 spiro atoms. The van der Waals surface area contributed by atoms with Crippen molar-refractivity contribution in [1.29, 1.82) is 0 Å². The highest BCUT2D eigenvalue weighted by atomic mass is 15.2. The zero-order valence-corrected chi connectivity index (χ0v) is 34.8. The van der Waals surface area contributed by atoms with Crippen LogP contribution < -0.4 is 0 Å². The molecule has 0 saturated heterocycles. The van der Waals surface area contributed by atoms with Crippen LogP contribution in [0, 0.1) is 35.0 Å². The molecule has 0 heterocycles. The first-order valence-corrected chi connectivity index (χ1v) is 22.8. The van der Waals surface area contributed by atoms with Crippen LogP contribution in [0.2, 0.25) is 0 Å². The zero-order valence-electron chi connectivity index (χ0n) is 34.8. The van der Waals surface area contributed by atoms with Gasteiger partial charge in [-0.15, -0.1) is 0 Å². The van der Waals surface area contributed by atoms with Crippen LogP contribution in [0.4, 0.5) is 0 Å². The summed E-state index contributed by atoms with van der Waals surface area (Å²) in [6.07, 6.45) is 45.8. The molecule has 10 aliphatic carbocycles. The second kappa shape index (κ2) is 13.1. The highest BCUT2D eigenvalue weighted by Gasteiger charge is 2.61. The van der Waals surface area contributed by atoms with Gasteiger partial charge in [0.2, 0.25) is 0 Å². The van der Waals surface area contributed by atoms with Crippen LogP contribution in [0.15, 0.2) is 153 Å². The Bertz CT molecular complexity index is 2230. The third-order valence-electron chi connectivity index (χ3n) is 16.9. The molecule has 11 rings (SSSR count). The lowest BCUT2D eigenvalue weighted by molar-refractivity contribution is 0.148. The minimum Gasteiger partial charge on any atom is -0.365 e. The second-order valence-electron chi connectivity index (χ2n) is 20.2. The number of rotatable bonds is 4. The summed E-state index contributed by atoms with van der Waals surface area (Å²) in [5.41, 5.74) is 19.9. The molecule has 0 N–H and O–H groups in total. The number of benzene rings is 1. The van der Waals surface area contributed by atoms with Gasteiger partial charge >= 0.3 is 0 Å². The molecule has 288 valence electrons. The fraction of sp³-hybridized carbons (Fsp3) is 0.491. The monoisotopic (exact) mass is 737 g/mol. The summed E-state index contributed by atoms with van der Waals surface area (Å²) in [7, 11) is 0. The van der Waals surface area contributed by atoms with Crippen LogP contribution in [0.25, 0.3) is 0 Å². The van der Waals surface area contributed by atoms with Gasteiger partial charge in [0.05, 0.1) is 6.04 Å². The van der Waals surface area contributed by atoms with E-state index >= 15 is 0 Å². The third kappa shape index (κ3) is 5.04. The van der Waals surface area contributed by atoms with Gasteiger partial charge in [-0.1, -0.05) is 136 Å². The minimum atomic E-state index is -0.0694. The molecule has 0 amide bonds. The van der Waals surface area contributed by atoms with Gasteiger partial charge in [-0.25, -0.2) is 0 Å². The Morgan fingerprint density at radius 1 is 0.804 bits per heavy atom. The summed E-state index contributed by atoms with van der Waals surface area (Å²) in [6.45, 7) is 12.4. The smallest absolute Gasteiger partial charge is 0.0514 e. The number of hydrogen-bond acceptors (Lipinski definition) is 1. The van der Waals surface area contributed by atoms with Gasteiger partial charge in [-0.2, -0.15) is 0 Å². The van der Waals surface area contributed by atoms with Crippen molar-refractivity contribution in [2.24, 2.45) is 35.0 Å². The van der Waals surface area contributed by atoms with E-state index in [0.717, 1.165) is 19.3 Å². The van der Waals surface area contributed by atoms with E-state index in [1.165, 1.54) is 63.4 Å². The van der Waals surface area contributed by atoms with Gasteiger partial charge in [0.25, 0.3) is 0 Å². The zero-order chi connectivity index (χ0) is 37.9. The van der Waals surface area contributed by atoms with Crippen LogP contribution in [0.3, 0.4) is 0 Å². The van der Waals surface area contributed by atoms with E-state index < -0.39 is 0 Å². The molecule has 1 nitrogen and oxygen atoms in total. The maximum atomic E-state index is 3.02. The first-order chi connectivity index (χ1) is 27.2. The molecule has 0 aromatic heterocycles. The molecule has 9 unspecified atom stereocenters. The Hall–Kier alpha value is -3.84. The SMILES string of the molecule is CC1=CCC(C2=CC=C(N(C3C=C4C(=CC3)C3=C(CC(C)C=C3)C43c4ccccc4C4C(C)CC=CC43)C3CC=C4C5=C(CCCC5)C(C)(C)C4C3)CC2)C=C1. The van der Waals surface area contributed by atoms with Crippen LogP contribution in [-0.2, 0) is 5.41 Å². The van der Waals surface area contributed by atoms with Crippen LogP contribution in [0.1, 0.15) is 129 Å². The van der Waals surface area contributed by atoms with E-state index in [-0.39, 0.29) is 10.8 Å². The Kier molecular flexibility index (Phi) is 8.26. The predicted octanol–water partition coefficient (Wildman–Crippen LogP) is 13.8. The number of fused-ring (bicyclic) bond motifs is 11. The third-order valence-corrected chi connectivity index (χ3v) is 16.9. The molecular formula is C55H63N. The predicted molar refractivity (Wildman–Crippen MR) is 234 cm³/mol. The Morgan fingerprint density at radius 2 is 1.68 bits per heavy atom. The van der Waals surface area contributed by atoms with Crippen LogP contribution in [0.5, 0.6) is 0 Å². The van der Waals surface area contributed by atoms with Gasteiger partial charge in [0.15, 0.2) is 0 Å². The summed E-state index contributed by atoms with van der Waals surface area (Å²) in [5.74, 6) is 3.47. The molecule has 0 fully saturated rings. The van der Waals surface area contributed by atoms with Crippen molar-refractivity contribution >= 4 is 0 Å². The molecule has 0 radical (unpaired) electrons. The van der Waals surface area contributed by atoms with Crippen LogP contribution >= 0.6 is 0 Å². The fourth-order valence-corrected chi connectivity index (χ4v) is 14.3. The van der Waals surface area contributed by atoms with Gasteiger partial charge < -0.3 is 4.90 Å². The maximum Gasteiger partial charge on any atom is 0.0514 e. The van der Waals surface area contributed by atoms with Gasteiger partial charge in [-0.3, -0.25) is 0 Å². The summed E-state index contributed by atoms with van der Waals surface area (Å²) in [5, 5.41) is 0. The van der Waals surface area contributed by atoms with E-state index in [2.05, 4.69) is 137 Å². The maximum absolute atomic E-state index is 3.02. The number of nitrogens with zero attached hydrogens (tertiary/aromatic N) is 1. The minimum absolute atomic E-state index is 0.0694. The summed E-state index contributed by atoms with van der Waals surface area (Å²) in [4.78, 5) is 3.02. The largest absolute Gasteiger partial charge is 0.365 e. The first-order valence-electron chi connectivity index (χ1n) is 22.8. The van der Waals surface area contributed by atoms with E-state index in [0.29, 0.717) is 47.6 Å². The molecule has 56 heavy (non-hydrogen) atoms. The molecule has 1 aromatic carbocycles. The van der Waals surface area contributed by atoms with Gasteiger partial charge in [0, 0.05) is 29.0 Å². The molecule has 1 aromatic rings. The lowest BCUT2D eigenvalue weighted by Crippen LogP contribution is -2.46. The van der Waals surface area contributed by atoms with Crippen molar-refractivity contribution in [3.05, 3.63) is 164 Å². The Balaban J connectivity index is 1.04. The topological polar surface area (TPSA) is 3.24 Å². The highest BCUT2D eigenvalue weighted by Crippen LogP contribution is 2.69. The first kappa shape index (κ1) is 35.3. The lowest BCUT2D eigenvalue weighted by Gasteiger charge is -2.47. The molecule has 0 bridgehead atoms. The number of hydrogen-bond donors (Lipinski definition) is 0. The number of allylic oxidation sites excluding steroid dienone is 19. The van der Waals surface area contributed by atoms with E-state index in [4.69, 9.17) is 0 Å². The average Bonchev–Trinajstić information content (AvgIpc) is 3.77. The molecule has 0 aliphatic heterocycles. The highest BCUT2D eigenvalue weighted by molar-refractivity contribution is 5.77. The summed E-state index contributed by atoms with van der Waals surface area (Å²) >= 11 is 0. The normalized spacial score (nSPS) is 37.4. The van der Waals surface area contributed by atoms with E-state index in [1.807, 2.05) is 5.57 Å². The van der Waals surface area contributed by atoms with Crippen molar-refractivity contribution in [3.63, 3.8) is 0 Å². The quantitative estimate of drug-likeness (QED) is 0.278. The standard InChI is InChI=1S/C55H63N/c1-34-17-20-37(21-18-34)38-22-24-39(25-23-38)56(40-26-29-43-42-12-6-8-14-47(42)54(4,5)50(43)32-40)41-27-30-45-44-28-19-35(2)31-51(44)55(52(45)33-41)48-15-9-7-13-46(48)53-36(3)11-10-16-49(53)55/h7,9-10,13,15-20,22,24,28-30,33,35-37,40-41,49-50,53H,6,8,11-12,14,21,23,25-27,31-32H2,1-5H3. The lowest BCUT2D eigenvalue weighted by atomic mass is 9.60. The molecule has 1 heteroatoms. The van der Waals surface area contributed by atoms with Crippen molar-refractivity contribution in [2.45, 2.75) is 135 Å². The van der Waals surface area contributed by atoms with Crippen LogP contribution in [-0.4, -0.2) is 17.0 Å². The van der Waals surface area contributed by atoms with Crippen molar-refractivity contribution in [2.75, 3.05) is 0 Å². The Labute approximate surface area is 337 Å². The molecule has 9 atom stereocenters. The summed E-state index contributed by atoms with van der Waals surface area (Å²) in [6, 6.07) is 10.6. The molecular weight excluding hydrogens is 675 g/mol. The van der Waals surface area contributed by atoms with E-state index in [9.17, 15) is 0 Å². The van der Waals surface area contributed by atoms with E-state index in [1.54, 1.807) is 55.8 Å². The van der Waals surface area contributed by atoms with Crippen molar-refractivity contribution in [3.8, 4) is 0 Å². The average molecular weight is 738 g/mol. The molecule has 10 aliphatic rings. The Morgan fingerprint density at radius 3 is 2.52 bits per heavy atom. The summed E-state index contributed by atoms with van der Waals surface area (Å²) < 4.78 is 0. The van der Waals surface area contributed by atoms with Gasteiger partial charge in [-0.05, 0) is 164 Å². The van der Waals surface area contributed by atoms with Crippen molar-refractivity contribution < 1.29 is 0 Å². The molecule has 0 saturated carbocycles. The fourth-order valence-electron chi connectivity index (χ4n) is 14.3.